The van der Waals surface area contributed by atoms with Gasteiger partial charge in [0.25, 0.3) is 0 Å². The summed E-state index contributed by atoms with van der Waals surface area (Å²) < 4.78 is 5.30. The molecule has 0 aliphatic heterocycles. The Morgan fingerprint density at radius 2 is 0.740 bits per heavy atom. The molecule has 0 fully saturated rings. The van der Waals surface area contributed by atoms with Gasteiger partial charge in [0.05, 0.1) is 0 Å². The molecule has 10 rings (SSSR count). The largest absolute Gasteiger partial charge is 0.208 e. The van der Waals surface area contributed by atoms with E-state index in [-0.39, 0.29) is 0 Å². The molecule has 0 bridgehead atoms. The molecule has 0 radical (unpaired) electrons. The molecular formula is C45H27N3S2. The van der Waals surface area contributed by atoms with Gasteiger partial charge < -0.3 is 0 Å². The molecule has 0 unspecified atom stereocenters. The molecule has 234 valence electrons. The van der Waals surface area contributed by atoms with Crippen LogP contribution in [-0.2, 0) is 0 Å². The maximum absolute atomic E-state index is 4.91. The standard InChI is InChI=1S/C45H27N3S2/c1-3-11-29(12-4-1)43-46-44(30-13-5-2-6-14-30)48-45(47-43)31-23-21-28(22-24-31)32-25-26-34-36-17-10-19-38(42(36)50-40(34)27-32)37-18-9-16-35-33-15-7-8-20-39(33)49-41(35)37/h1-27H. The average molecular weight is 674 g/mol. The monoisotopic (exact) mass is 673 g/mol. The molecule has 0 spiro atoms. The van der Waals surface area contributed by atoms with Crippen LogP contribution in [0.1, 0.15) is 0 Å². The first-order valence-electron chi connectivity index (χ1n) is 16.6. The van der Waals surface area contributed by atoms with E-state index in [0.29, 0.717) is 17.5 Å². The van der Waals surface area contributed by atoms with Crippen LogP contribution in [0.5, 0.6) is 0 Å². The number of benzene rings is 7. The van der Waals surface area contributed by atoms with Crippen molar-refractivity contribution in [1.82, 2.24) is 15.0 Å². The van der Waals surface area contributed by atoms with Crippen LogP contribution >= 0.6 is 22.7 Å². The lowest BCUT2D eigenvalue weighted by Gasteiger charge is -2.09. The molecule has 0 atom stereocenters. The Morgan fingerprint density at radius 1 is 0.300 bits per heavy atom. The van der Waals surface area contributed by atoms with E-state index in [1.165, 1.54) is 57.0 Å². The van der Waals surface area contributed by atoms with E-state index in [0.717, 1.165) is 22.3 Å². The SMILES string of the molecule is c1ccc(-c2nc(-c3ccccc3)nc(-c3ccc(-c4ccc5c(c4)sc4c(-c6cccc7c6sc6ccccc67)cccc45)cc3)n2)cc1. The highest BCUT2D eigenvalue weighted by Crippen LogP contribution is 2.45. The van der Waals surface area contributed by atoms with Gasteiger partial charge >= 0.3 is 0 Å². The zero-order valence-electron chi connectivity index (χ0n) is 26.7. The van der Waals surface area contributed by atoms with Crippen molar-refractivity contribution in [2.24, 2.45) is 0 Å². The number of hydrogen-bond acceptors (Lipinski definition) is 5. The lowest BCUT2D eigenvalue weighted by atomic mass is 9.99. The molecule has 0 aliphatic carbocycles. The van der Waals surface area contributed by atoms with Crippen molar-refractivity contribution in [2.45, 2.75) is 0 Å². The quantitative estimate of drug-likeness (QED) is 0.182. The van der Waals surface area contributed by atoms with Gasteiger partial charge in [0.15, 0.2) is 17.5 Å². The van der Waals surface area contributed by atoms with E-state index in [1.54, 1.807) is 0 Å². The summed E-state index contributed by atoms with van der Waals surface area (Å²) in [5, 5.41) is 5.26. The van der Waals surface area contributed by atoms with Crippen molar-refractivity contribution >= 4 is 63.0 Å². The summed E-state index contributed by atoms with van der Waals surface area (Å²) >= 11 is 3.77. The highest BCUT2D eigenvalue weighted by molar-refractivity contribution is 7.27. The van der Waals surface area contributed by atoms with Crippen LogP contribution in [0.2, 0.25) is 0 Å². The van der Waals surface area contributed by atoms with E-state index < -0.39 is 0 Å². The van der Waals surface area contributed by atoms with Crippen LogP contribution in [0.15, 0.2) is 164 Å². The fourth-order valence-corrected chi connectivity index (χ4v) is 9.40. The molecule has 3 heterocycles. The second-order valence-electron chi connectivity index (χ2n) is 12.4. The summed E-state index contributed by atoms with van der Waals surface area (Å²) in [5.74, 6) is 1.99. The Labute approximate surface area is 296 Å². The molecule has 0 saturated carbocycles. The molecule has 0 amide bonds. The maximum atomic E-state index is 4.91. The van der Waals surface area contributed by atoms with Crippen molar-refractivity contribution in [2.75, 3.05) is 0 Å². The zero-order valence-corrected chi connectivity index (χ0v) is 28.4. The highest BCUT2D eigenvalue weighted by Gasteiger charge is 2.16. The lowest BCUT2D eigenvalue weighted by molar-refractivity contribution is 1.07. The van der Waals surface area contributed by atoms with Crippen LogP contribution in [0.25, 0.3) is 96.8 Å². The Kier molecular flexibility index (Phi) is 6.86. The van der Waals surface area contributed by atoms with Crippen molar-refractivity contribution in [1.29, 1.82) is 0 Å². The van der Waals surface area contributed by atoms with Gasteiger partial charge in [-0.3, -0.25) is 0 Å². The summed E-state index contributed by atoms with van der Waals surface area (Å²) in [6.07, 6.45) is 0. The van der Waals surface area contributed by atoms with Gasteiger partial charge in [0.1, 0.15) is 0 Å². The second kappa shape index (κ2) is 11.8. The van der Waals surface area contributed by atoms with E-state index in [2.05, 4.69) is 103 Å². The second-order valence-corrected chi connectivity index (χ2v) is 14.5. The van der Waals surface area contributed by atoms with Crippen LogP contribution < -0.4 is 0 Å². The molecule has 0 saturated heterocycles. The predicted octanol–water partition coefficient (Wildman–Crippen LogP) is 12.9. The summed E-state index contributed by atoms with van der Waals surface area (Å²) in [6.45, 7) is 0. The number of rotatable bonds is 5. The third-order valence-corrected chi connectivity index (χ3v) is 11.8. The van der Waals surface area contributed by atoms with Gasteiger partial charge in [0.2, 0.25) is 0 Å². The molecule has 0 aliphatic rings. The summed E-state index contributed by atoms with van der Waals surface area (Å²) in [6, 6.07) is 57.9. The fourth-order valence-electron chi connectivity index (χ4n) is 6.90. The minimum absolute atomic E-state index is 0.658. The molecule has 10 aromatic rings. The number of fused-ring (bicyclic) bond motifs is 6. The van der Waals surface area contributed by atoms with Crippen LogP contribution in [0.3, 0.4) is 0 Å². The Bertz CT molecular complexity index is 2800. The van der Waals surface area contributed by atoms with Gasteiger partial charge in [-0.15, -0.1) is 22.7 Å². The molecule has 3 nitrogen and oxygen atoms in total. The number of aromatic nitrogens is 3. The van der Waals surface area contributed by atoms with Crippen molar-refractivity contribution < 1.29 is 0 Å². The summed E-state index contributed by atoms with van der Waals surface area (Å²) in [7, 11) is 0. The van der Waals surface area contributed by atoms with Crippen LogP contribution in [-0.4, -0.2) is 15.0 Å². The number of nitrogens with zero attached hydrogens (tertiary/aromatic N) is 3. The Morgan fingerprint density at radius 3 is 1.34 bits per heavy atom. The topological polar surface area (TPSA) is 38.7 Å². The van der Waals surface area contributed by atoms with Crippen molar-refractivity contribution in [3.63, 3.8) is 0 Å². The van der Waals surface area contributed by atoms with Crippen molar-refractivity contribution in [3.05, 3.63) is 164 Å². The van der Waals surface area contributed by atoms with E-state index in [4.69, 9.17) is 15.0 Å². The molecule has 7 aromatic carbocycles. The van der Waals surface area contributed by atoms with Gasteiger partial charge in [0, 0.05) is 68.2 Å². The van der Waals surface area contributed by atoms with Gasteiger partial charge in [-0.05, 0) is 23.3 Å². The zero-order chi connectivity index (χ0) is 33.0. The Balaban J connectivity index is 1.04. The normalized spacial score (nSPS) is 11.6. The number of hydrogen-bond donors (Lipinski definition) is 0. The fraction of sp³-hybridized carbons (Fsp3) is 0. The van der Waals surface area contributed by atoms with Gasteiger partial charge in [-0.1, -0.05) is 152 Å². The molecule has 3 aromatic heterocycles. The van der Waals surface area contributed by atoms with Gasteiger partial charge in [-0.2, -0.15) is 0 Å². The average Bonchev–Trinajstić information content (AvgIpc) is 3.77. The first kappa shape index (κ1) is 29.0. The number of thiophene rings is 2. The van der Waals surface area contributed by atoms with Crippen molar-refractivity contribution in [3.8, 4) is 56.4 Å². The third-order valence-electron chi connectivity index (χ3n) is 9.37. The molecule has 0 N–H and O–H groups in total. The summed E-state index contributed by atoms with van der Waals surface area (Å²) in [5.41, 5.74) is 7.83. The van der Waals surface area contributed by atoms with E-state index in [9.17, 15) is 0 Å². The minimum atomic E-state index is 0.658. The van der Waals surface area contributed by atoms with Crippen LogP contribution in [0.4, 0.5) is 0 Å². The maximum Gasteiger partial charge on any atom is 0.164 e. The van der Waals surface area contributed by atoms with Gasteiger partial charge in [-0.25, -0.2) is 15.0 Å². The minimum Gasteiger partial charge on any atom is -0.208 e. The molecular weight excluding hydrogens is 647 g/mol. The molecule has 50 heavy (non-hydrogen) atoms. The first-order valence-corrected chi connectivity index (χ1v) is 18.2. The smallest absolute Gasteiger partial charge is 0.164 e. The third kappa shape index (κ3) is 4.90. The Hall–Kier alpha value is -6.01. The summed E-state index contributed by atoms with van der Waals surface area (Å²) in [4.78, 5) is 14.7. The first-order chi connectivity index (χ1) is 24.8. The van der Waals surface area contributed by atoms with E-state index >= 15 is 0 Å². The lowest BCUT2D eigenvalue weighted by Crippen LogP contribution is -2.00. The molecule has 5 heteroatoms. The predicted molar refractivity (Wildman–Crippen MR) is 213 cm³/mol. The van der Waals surface area contributed by atoms with Crippen LogP contribution in [0, 0.1) is 0 Å². The highest BCUT2D eigenvalue weighted by atomic mass is 32.1. The van der Waals surface area contributed by atoms with E-state index in [1.807, 2.05) is 83.3 Å².